The van der Waals surface area contributed by atoms with E-state index >= 15 is 0 Å². The molecule has 1 saturated heterocycles. The molecular weight excluding hydrogens is 462 g/mol. The van der Waals surface area contributed by atoms with Crippen LogP contribution in [0.4, 0.5) is 11.4 Å². The predicted octanol–water partition coefficient (Wildman–Crippen LogP) is 3.71. The number of benzene rings is 2. The molecule has 8 nitrogen and oxygen atoms in total. The van der Waals surface area contributed by atoms with Crippen molar-refractivity contribution in [1.29, 1.82) is 0 Å². The summed E-state index contributed by atoms with van der Waals surface area (Å²) in [6.45, 7) is 2.24. The maximum atomic E-state index is 12.8. The smallest absolute Gasteiger partial charge is 0.271 e. The molecule has 0 aromatic heterocycles. The average Bonchev–Trinajstić information content (AvgIpc) is 2.70. The summed E-state index contributed by atoms with van der Waals surface area (Å²) in [5, 5.41) is 13.7. The van der Waals surface area contributed by atoms with Gasteiger partial charge in [0.25, 0.3) is 5.69 Å². The number of nitro groups is 1. The van der Waals surface area contributed by atoms with Gasteiger partial charge in [-0.05, 0) is 49.6 Å². The Labute approximate surface area is 177 Å². The van der Waals surface area contributed by atoms with E-state index in [4.69, 9.17) is 0 Å². The van der Waals surface area contributed by atoms with Gasteiger partial charge in [-0.3, -0.25) is 14.9 Å². The summed E-state index contributed by atoms with van der Waals surface area (Å²) in [5.41, 5.74) is 1.02. The van der Waals surface area contributed by atoms with Crippen molar-refractivity contribution in [2.24, 2.45) is 5.92 Å². The summed E-state index contributed by atoms with van der Waals surface area (Å²) in [7, 11) is -3.60. The molecule has 0 spiro atoms. The van der Waals surface area contributed by atoms with Gasteiger partial charge in [0.2, 0.25) is 15.9 Å². The van der Waals surface area contributed by atoms with E-state index in [1.165, 1.54) is 16.4 Å². The zero-order valence-electron chi connectivity index (χ0n) is 15.7. The molecule has 2 aromatic carbocycles. The number of carbonyl (C=O) groups excluding carboxylic acids is 1. The van der Waals surface area contributed by atoms with Crippen LogP contribution in [0.2, 0.25) is 0 Å². The molecule has 0 atom stereocenters. The molecule has 1 heterocycles. The van der Waals surface area contributed by atoms with E-state index in [2.05, 4.69) is 21.2 Å². The van der Waals surface area contributed by atoms with Gasteiger partial charge in [-0.25, -0.2) is 8.42 Å². The third-order valence-electron chi connectivity index (χ3n) is 4.97. The lowest BCUT2D eigenvalue weighted by Gasteiger charge is -2.30. The number of aryl methyl sites for hydroxylation is 1. The molecule has 1 N–H and O–H groups in total. The van der Waals surface area contributed by atoms with Gasteiger partial charge in [-0.1, -0.05) is 22.0 Å². The zero-order valence-corrected chi connectivity index (χ0v) is 18.1. The number of rotatable bonds is 5. The topological polar surface area (TPSA) is 110 Å². The molecule has 154 valence electrons. The number of nitrogens with zero attached hydrogens (tertiary/aromatic N) is 2. The van der Waals surface area contributed by atoms with Crippen LogP contribution in [0.1, 0.15) is 18.4 Å². The van der Waals surface area contributed by atoms with Crippen molar-refractivity contribution in [3.05, 3.63) is 62.6 Å². The number of nitro benzene ring substituents is 1. The minimum atomic E-state index is -3.60. The lowest BCUT2D eigenvalue weighted by Crippen LogP contribution is -2.41. The van der Waals surface area contributed by atoms with Gasteiger partial charge in [0, 0.05) is 35.6 Å². The van der Waals surface area contributed by atoms with E-state index in [0.29, 0.717) is 18.5 Å². The van der Waals surface area contributed by atoms with Crippen LogP contribution in [-0.4, -0.2) is 36.6 Å². The number of piperidine rings is 1. The molecule has 0 aliphatic carbocycles. The second kappa shape index (κ2) is 8.60. The highest BCUT2D eigenvalue weighted by Gasteiger charge is 2.32. The van der Waals surface area contributed by atoms with E-state index in [1.807, 2.05) is 0 Å². The molecule has 3 rings (SSSR count). The van der Waals surface area contributed by atoms with Gasteiger partial charge in [-0.2, -0.15) is 4.31 Å². The summed E-state index contributed by atoms with van der Waals surface area (Å²) in [6, 6.07) is 10.7. The van der Waals surface area contributed by atoms with Crippen LogP contribution in [0.5, 0.6) is 0 Å². The van der Waals surface area contributed by atoms with Crippen molar-refractivity contribution in [3.8, 4) is 0 Å². The number of halogens is 1. The van der Waals surface area contributed by atoms with Crippen molar-refractivity contribution < 1.29 is 18.1 Å². The number of sulfonamides is 1. The van der Waals surface area contributed by atoms with E-state index in [0.717, 1.165) is 10.0 Å². The Morgan fingerprint density at radius 2 is 1.79 bits per heavy atom. The Morgan fingerprint density at radius 3 is 2.38 bits per heavy atom. The third-order valence-corrected chi connectivity index (χ3v) is 7.41. The Morgan fingerprint density at radius 1 is 1.17 bits per heavy atom. The summed E-state index contributed by atoms with van der Waals surface area (Å²) in [6.07, 6.45) is 0.769. The van der Waals surface area contributed by atoms with Crippen molar-refractivity contribution in [1.82, 2.24) is 4.31 Å². The van der Waals surface area contributed by atoms with Gasteiger partial charge < -0.3 is 5.32 Å². The van der Waals surface area contributed by atoms with Crippen LogP contribution < -0.4 is 5.32 Å². The first kappa shape index (κ1) is 21.4. The molecule has 0 bridgehead atoms. The molecule has 29 heavy (non-hydrogen) atoms. The molecule has 1 fully saturated rings. The van der Waals surface area contributed by atoms with Crippen molar-refractivity contribution >= 4 is 43.2 Å². The van der Waals surface area contributed by atoms with E-state index in [9.17, 15) is 23.3 Å². The van der Waals surface area contributed by atoms with Crippen molar-refractivity contribution in [2.45, 2.75) is 24.7 Å². The Hall–Kier alpha value is -2.30. The lowest BCUT2D eigenvalue weighted by atomic mass is 9.97. The lowest BCUT2D eigenvalue weighted by molar-refractivity contribution is -0.384. The molecule has 10 heteroatoms. The highest BCUT2D eigenvalue weighted by atomic mass is 79.9. The standard InChI is InChI=1S/C19H20BrN3O5S/c1-13-2-5-16(23(25)26)12-18(13)21-19(24)14-8-10-22(11-9-14)29(27,28)17-6-3-15(20)4-7-17/h2-7,12,14H,8-11H2,1H3,(H,21,24). The number of hydrogen-bond donors (Lipinski definition) is 1. The highest BCUT2D eigenvalue weighted by Crippen LogP contribution is 2.27. The average molecular weight is 482 g/mol. The van der Waals surface area contributed by atoms with Gasteiger partial charge in [0.15, 0.2) is 0 Å². The fourth-order valence-electron chi connectivity index (χ4n) is 3.21. The van der Waals surface area contributed by atoms with Gasteiger partial charge in [0.1, 0.15) is 0 Å². The monoisotopic (exact) mass is 481 g/mol. The van der Waals surface area contributed by atoms with Crippen LogP contribution in [0.15, 0.2) is 51.8 Å². The second-order valence-corrected chi connectivity index (χ2v) is 9.73. The minimum Gasteiger partial charge on any atom is -0.325 e. The quantitative estimate of drug-likeness (QED) is 0.516. The highest BCUT2D eigenvalue weighted by molar-refractivity contribution is 9.10. The molecule has 1 aliphatic heterocycles. The summed E-state index contributed by atoms with van der Waals surface area (Å²) in [4.78, 5) is 23.3. The summed E-state index contributed by atoms with van der Waals surface area (Å²) < 4.78 is 27.7. The fourth-order valence-corrected chi connectivity index (χ4v) is 4.94. The number of anilines is 1. The van der Waals surface area contributed by atoms with Crippen molar-refractivity contribution in [3.63, 3.8) is 0 Å². The molecule has 1 aliphatic rings. The molecule has 2 aromatic rings. The molecule has 0 saturated carbocycles. The van der Waals surface area contributed by atoms with Crippen LogP contribution in [-0.2, 0) is 14.8 Å². The first-order valence-electron chi connectivity index (χ1n) is 9.00. The van der Waals surface area contributed by atoms with Crippen LogP contribution in [0.3, 0.4) is 0 Å². The maximum absolute atomic E-state index is 12.8. The number of nitrogens with one attached hydrogen (secondary N) is 1. The van der Waals surface area contributed by atoms with Crippen LogP contribution in [0, 0.1) is 23.0 Å². The first-order valence-corrected chi connectivity index (χ1v) is 11.2. The van der Waals surface area contributed by atoms with Crippen LogP contribution >= 0.6 is 15.9 Å². The van der Waals surface area contributed by atoms with Crippen molar-refractivity contribution in [2.75, 3.05) is 18.4 Å². The first-order chi connectivity index (χ1) is 13.7. The number of hydrogen-bond acceptors (Lipinski definition) is 5. The number of amides is 1. The maximum Gasteiger partial charge on any atom is 0.271 e. The van der Waals surface area contributed by atoms with Gasteiger partial charge in [-0.15, -0.1) is 0 Å². The molecular formula is C19H20BrN3O5S. The molecule has 0 unspecified atom stereocenters. The third kappa shape index (κ3) is 4.82. The summed E-state index contributed by atoms with van der Waals surface area (Å²) in [5.74, 6) is -0.612. The largest absolute Gasteiger partial charge is 0.325 e. The van der Waals surface area contributed by atoms with E-state index in [-0.39, 0.29) is 35.5 Å². The second-order valence-electron chi connectivity index (χ2n) is 6.88. The normalized spacial score (nSPS) is 15.8. The Kier molecular flexibility index (Phi) is 6.35. The minimum absolute atomic E-state index is 0.0960. The molecule has 1 amide bonds. The molecule has 0 radical (unpaired) electrons. The fraction of sp³-hybridized carbons (Fsp3) is 0.316. The summed E-state index contributed by atoms with van der Waals surface area (Å²) >= 11 is 3.29. The number of carbonyl (C=O) groups is 1. The van der Waals surface area contributed by atoms with Gasteiger partial charge in [0.05, 0.1) is 15.5 Å². The van der Waals surface area contributed by atoms with E-state index < -0.39 is 14.9 Å². The predicted molar refractivity (Wildman–Crippen MR) is 112 cm³/mol. The van der Waals surface area contributed by atoms with E-state index in [1.54, 1.807) is 37.3 Å². The van der Waals surface area contributed by atoms with Crippen LogP contribution in [0.25, 0.3) is 0 Å². The Bertz CT molecular complexity index is 1030. The Balaban J connectivity index is 1.65. The number of non-ortho nitro benzene ring substituents is 1. The zero-order chi connectivity index (χ0) is 21.2. The SMILES string of the molecule is Cc1ccc([N+](=O)[O-])cc1NC(=O)C1CCN(S(=O)(=O)c2ccc(Br)cc2)CC1. The van der Waals surface area contributed by atoms with Gasteiger partial charge >= 0.3 is 0 Å².